The Kier molecular flexibility index (Phi) is 5.97. The Hall–Kier alpha value is -2.62. The molecular weight excluding hydrogens is 314 g/mol. The summed E-state index contributed by atoms with van der Waals surface area (Å²) in [7, 11) is 1.71. The zero-order valence-corrected chi connectivity index (χ0v) is 15.6. The number of rotatable bonds is 5. The molecule has 0 aliphatic rings. The highest BCUT2D eigenvalue weighted by Gasteiger charge is 2.16. The normalized spacial score (nSPS) is 10.4. The molecule has 0 heterocycles. The van der Waals surface area contributed by atoms with Crippen molar-refractivity contribution in [1.82, 2.24) is 4.90 Å². The van der Waals surface area contributed by atoms with Gasteiger partial charge in [0, 0.05) is 13.6 Å². The molecule has 0 aromatic heterocycles. The lowest BCUT2D eigenvalue weighted by Gasteiger charge is -2.19. The highest BCUT2D eigenvalue weighted by Crippen LogP contribution is 2.14. The third-order valence-corrected chi connectivity index (χ3v) is 4.26. The molecule has 0 bridgehead atoms. The number of hydrogen-bond acceptors (Lipinski definition) is 3. The van der Waals surface area contributed by atoms with Crippen LogP contribution in [0, 0.1) is 27.7 Å². The molecule has 0 atom stereocenters. The largest absolute Gasteiger partial charge is 0.452 e. The van der Waals surface area contributed by atoms with Crippen LogP contribution < -0.4 is 0 Å². The Balaban J connectivity index is 1.93. The monoisotopic (exact) mass is 339 g/mol. The van der Waals surface area contributed by atoms with Gasteiger partial charge < -0.3 is 9.64 Å². The summed E-state index contributed by atoms with van der Waals surface area (Å²) in [5.74, 6) is -0.691. The van der Waals surface area contributed by atoms with Crippen LogP contribution in [0.25, 0.3) is 0 Å². The van der Waals surface area contributed by atoms with Crippen LogP contribution in [-0.4, -0.2) is 30.4 Å². The van der Waals surface area contributed by atoms with E-state index in [4.69, 9.17) is 4.74 Å². The van der Waals surface area contributed by atoms with Crippen LogP contribution in [0.4, 0.5) is 0 Å². The maximum absolute atomic E-state index is 12.2. The molecule has 132 valence electrons. The van der Waals surface area contributed by atoms with Crippen LogP contribution >= 0.6 is 0 Å². The van der Waals surface area contributed by atoms with Gasteiger partial charge in [0.15, 0.2) is 6.61 Å². The fourth-order valence-corrected chi connectivity index (χ4v) is 2.72. The Labute approximate surface area is 149 Å². The highest BCUT2D eigenvalue weighted by atomic mass is 16.5. The van der Waals surface area contributed by atoms with Crippen molar-refractivity contribution >= 4 is 11.9 Å². The van der Waals surface area contributed by atoms with E-state index >= 15 is 0 Å². The highest BCUT2D eigenvalue weighted by molar-refractivity contribution is 5.92. The van der Waals surface area contributed by atoms with E-state index in [0.717, 1.165) is 22.3 Å². The topological polar surface area (TPSA) is 46.6 Å². The van der Waals surface area contributed by atoms with E-state index in [1.54, 1.807) is 18.0 Å². The van der Waals surface area contributed by atoms with Crippen LogP contribution in [0.2, 0.25) is 0 Å². The van der Waals surface area contributed by atoms with Gasteiger partial charge in [-0.05, 0) is 50.5 Å². The van der Waals surface area contributed by atoms with Crippen LogP contribution in [0.1, 0.15) is 38.2 Å². The summed E-state index contributed by atoms with van der Waals surface area (Å²) in [5.41, 5.74) is 5.85. The number of amides is 1. The molecule has 0 saturated heterocycles. The number of esters is 1. The summed E-state index contributed by atoms with van der Waals surface area (Å²) in [6.45, 7) is 8.13. The number of benzene rings is 2. The molecule has 0 spiro atoms. The van der Waals surface area contributed by atoms with E-state index in [1.165, 1.54) is 5.56 Å². The minimum Gasteiger partial charge on any atom is -0.452 e. The Morgan fingerprint density at radius 3 is 2.12 bits per heavy atom. The fourth-order valence-electron chi connectivity index (χ4n) is 2.72. The lowest BCUT2D eigenvalue weighted by Crippen LogP contribution is -2.31. The van der Waals surface area contributed by atoms with Crippen molar-refractivity contribution in [3.05, 3.63) is 69.8 Å². The van der Waals surface area contributed by atoms with E-state index in [1.807, 2.05) is 52.0 Å². The van der Waals surface area contributed by atoms with Crippen molar-refractivity contribution in [2.24, 2.45) is 0 Å². The van der Waals surface area contributed by atoms with Crippen molar-refractivity contribution in [3.8, 4) is 0 Å². The third-order valence-electron chi connectivity index (χ3n) is 4.26. The second-order valence-corrected chi connectivity index (χ2v) is 6.57. The maximum Gasteiger partial charge on any atom is 0.338 e. The molecule has 0 saturated carbocycles. The maximum atomic E-state index is 12.2. The van der Waals surface area contributed by atoms with E-state index in [2.05, 4.69) is 6.07 Å². The second-order valence-electron chi connectivity index (χ2n) is 6.57. The predicted octanol–water partition coefficient (Wildman–Crippen LogP) is 3.74. The molecule has 0 fully saturated rings. The average molecular weight is 339 g/mol. The molecule has 2 aromatic rings. The molecule has 2 rings (SSSR count). The predicted molar refractivity (Wildman–Crippen MR) is 98.6 cm³/mol. The standard InChI is InChI=1S/C21H25NO3/c1-14-6-8-18(16(3)10-14)12-22(5)20(23)13-25-21(24)19-9-7-15(2)11-17(19)4/h6-11H,12-13H2,1-5H3. The number of carbonyl (C=O) groups is 2. The van der Waals surface area contributed by atoms with Gasteiger partial charge in [-0.15, -0.1) is 0 Å². The quantitative estimate of drug-likeness (QED) is 0.780. The number of hydrogen-bond donors (Lipinski definition) is 0. The molecule has 0 aliphatic carbocycles. The second kappa shape index (κ2) is 7.97. The first-order valence-electron chi connectivity index (χ1n) is 8.32. The third kappa shape index (κ3) is 4.92. The molecule has 0 aliphatic heterocycles. The van der Waals surface area contributed by atoms with Crippen LogP contribution in [0.5, 0.6) is 0 Å². The average Bonchev–Trinajstić information content (AvgIpc) is 2.54. The van der Waals surface area contributed by atoms with Crippen LogP contribution in [0.15, 0.2) is 36.4 Å². The molecule has 4 nitrogen and oxygen atoms in total. The molecule has 1 amide bonds. The Morgan fingerprint density at radius 1 is 0.920 bits per heavy atom. The number of carbonyl (C=O) groups excluding carboxylic acids is 2. The molecule has 0 N–H and O–H groups in total. The van der Waals surface area contributed by atoms with Crippen molar-refractivity contribution in [3.63, 3.8) is 0 Å². The van der Waals surface area contributed by atoms with Gasteiger partial charge in [-0.3, -0.25) is 4.79 Å². The SMILES string of the molecule is Cc1ccc(CN(C)C(=O)COC(=O)c2ccc(C)cc2C)c(C)c1. The van der Waals surface area contributed by atoms with Crippen molar-refractivity contribution in [2.45, 2.75) is 34.2 Å². The smallest absolute Gasteiger partial charge is 0.338 e. The Morgan fingerprint density at radius 2 is 1.52 bits per heavy atom. The van der Waals surface area contributed by atoms with E-state index < -0.39 is 5.97 Å². The van der Waals surface area contributed by atoms with E-state index in [9.17, 15) is 9.59 Å². The first kappa shape index (κ1) is 18.7. The molecular formula is C21H25NO3. The van der Waals surface area contributed by atoms with Crippen molar-refractivity contribution in [2.75, 3.05) is 13.7 Å². The summed E-state index contributed by atoms with van der Waals surface area (Å²) in [6.07, 6.45) is 0. The minimum absolute atomic E-state index is 0.224. The lowest BCUT2D eigenvalue weighted by atomic mass is 10.1. The number of nitrogens with zero attached hydrogens (tertiary/aromatic N) is 1. The molecule has 4 heteroatoms. The van der Waals surface area contributed by atoms with Crippen molar-refractivity contribution in [1.29, 1.82) is 0 Å². The van der Waals surface area contributed by atoms with E-state index in [-0.39, 0.29) is 12.5 Å². The van der Waals surface area contributed by atoms with Gasteiger partial charge >= 0.3 is 5.97 Å². The summed E-state index contributed by atoms with van der Waals surface area (Å²) >= 11 is 0. The summed E-state index contributed by atoms with van der Waals surface area (Å²) < 4.78 is 5.19. The van der Waals surface area contributed by atoms with Gasteiger partial charge in [0.05, 0.1) is 5.56 Å². The van der Waals surface area contributed by atoms with Gasteiger partial charge in [-0.25, -0.2) is 4.79 Å². The van der Waals surface area contributed by atoms with Gasteiger partial charge in [0.1, 0.15) is 0 Å². The van der Waals surface area contributed by atoms with Crippen LogP contribution in [0.3, 0.4) is 0 Å². The molecule has 0 unspecified atom stereocenters. The van der Waals surface area contributed by atoms with Gasteiger partial charge in [-0.1, -0.05) is 41.5 Å². The number of aryl methyl sites for hydroxylation is 4. The molecule has 25 heavy (non-hydrogen) atoms. The lowest BCUT2D eigenvalue weighted by molar-refractivity contribution is -0.133. The number of likely N-dealkylation sites (N-methyl/N-ethyl adjacent to an activating group) is 1. The first-order valence-corrected chi connectivity index (χ1v) is 8.32. The number of ether oxygens (including phenoxy) is 1. The minimum atomic E-state index is -0.467. The molecule has 0 radical (unpaired) electrons. The van der Waals surface area contributed by atoms with Crippen molar-refractivity contribution < 1.29 is 14.3 Å². The first-order chi connectivity index (χ1) is 11.8. The summed E-state index contributed by atoms with van der Waals surface area (Å²) in [4.78, 5) is 26.0. The molecule has 2 aromatic carbocycles. The Bertz CT molecular complexity index is 796. The van der Waals surface area contributed by atoms with E-state index in [0.29, 0.717) is 12.1 Å². The van der Waals surface area contributed by atoms with Gasteiger partial charge in [0.2, 0.25) is 0 Å². The summed E-state index contributed by atoms with van der Waals surface area (Å²) in [6, 6.07) is 11.7. The summed E-state index contributed by atoms with van der Waals surface area (Å²) in [5, 5.41) is 0. The van der Waals surface area contributed by atoms with Gasteiger partial charge in [0.25, 0.3) is 5.91 Å². The van der Waals surface area contributed by atoms with Gasteiger partial charge in [-0.2, -0.15) is 0 Å². The van der Waals surface area contributed by atoms with Crippen LogP contribution in [-0.2, 0) is 16.1 Å². The zero-order valence-electron chi connectivity index (χ0n) is 15.6. The fraction of sp³-hybridized carbons (Fsp3) is 0.333. The zero-order chi connectivity index (χ0) is 18.6.